The van der Waals surface area contributed by atoms with Crippen molar-refractivity contribution in [3.05, 3.63) is 92.7 Å². The number of nitrogens with zero attached hydrogens (tertiary/aromatic N) is 3. The number of hydrogen-bond donors (Lipinski definition) is 1. The number of carbonyl (C=O) groups is 3. The van der Waals surface area contributed by atoms with E-state index in [1.807, 2.05) is 74.8 Å². The molecule has 2 heterocycles. The lowest BCUT2D eigenvalue weighted by molar-refractivity contribution is -0.122. The van der Waals surface area contributed by atoms with Crippen LogP contribution in [0.3, 0.4) is 0 Å². The molecule has 1 saturated heterocycles. The normalized spacial score (nSPS) is 15.2. The molecule has 1 N–H and O–H groups in total. The van der Waals surface area contributed by atoms with Gasteiger partial charge in [0.1, 0.15) is 5.57 Å². The highest BCUT2D eigenvalue weighted by atomic mass is 79.9. The van der Waals surface area contributed by atoms with Gasteiger partial charge in [0.15, 0.2) is 0 Å². The molecular formula is C28H23BrN4O3. The lowest BCUT2D eigenvalue weighted by Crippen LogP contribution is -2.54. The minimum atomic E-state index is -0.771. The van der Waals surface area contributed by atoms with E-state index in [2.05, 4.69) is 21.2 Å². The molecule has 4 aromatic rings. The summed E-state index contributed by atoms with van der Waals surface area (Å²) in [5.74, 6) is -1.41. The molecule has 0 unspecified atom stereocenters. The van der Waals surface area contributed by atoms with Gasteiger partial charge in [0, 0.05) is 21.1 Å². The Bertz CT molecular complexity index is 1630. The van der Waals surface area contributed by atoms with Crippen molar-refractivity contribution < 1.29 is 14.4 Å². The first kappa shape index (κ1) is 23.7. The third-order valence-electron chi connectivity index (χ3n) is 6.67. The third-order valence-corrected chi connectivity index (χ3v) is 7.52. The molecule has 0 aliphatic carbocycles. The van der Waals surface area contributed by atoms with E-state index in [1.54, 1.807) is 12.1 Å². The van der Waals surface area contributed by atoms with Crippen molar-refractivity contribution in [2.75, 3.05) is 4.90 Å². The molecular weight excluding hydrogens is 520 g/mol. The van der Waals surface area contributed by atoms with Crippen LogP contribution in [-0.2, 0) is 9.59 Å². The molecule has 7 nitrogen and oxygen atoms in total. The van der Waals surface area contributed by atoms with E-state index in [0.29, 0.717) is 16.9 Å². The number of aryl methyl sites for hydroxylation is 1. The van der Waals surface area contributed by atoms with Gasteiger partial charge in [-0.1, -0.05) is 52.3 Å². The SMILES string of the molecule is Cc1nn(-c2cccc3ccccc23)c(C)c1/C=C1\C(=O)NC(=O)N(c2ccc(Br)c(C)c2C)C1=O. The molecule has 1 aliphatic rings. The molecule has 5 rings (SSSR count). The number of anilines is 1. The van der Waals surface area contributed by atoms with Gasteiger partial charge in [0.25, 0.3) is 11.8 Å². The van der Waals surface area contributed by atoms with Crippen LogP contribution in [0.1, 0.15) is 28.1 Å². The highest BCUT2D eigenvalue weighted by Crippen LogP contribution is 2.32. The Morgan fingerprint density at radius 3 is 2.36 bits per heavy atom. The summed E-state index contributed by atoms with van der Waals surface area (Å²) in [6, 6.07) is 16.7. The maximum Gasteiger partial charge on any atom is 0.335 e. The van der Waals surface area contributed by atoms with Crippen molar-refractivity contribution in [2.24, 2.45) is 0 Å². The second-order valence-corrected chi connectivity index (χ2v) is 9.62. The van der Waals surface area contributed by atoms with Crippen molar-refractivity contribution in [1.29, 1.82) is 0 Å². The predicted molar refractivity (Wildman–Crippen MR) is 143 cm³/mol. The van der Waals surface area contributed by atoms with Crippen LogP contribution in [0.5, 0.6) is 0 Å². The van der Waals surface area contributed by atoms with Gasteiger partial charge in [0.05, 0.1) is 17.1 Å². The van der Waals surface area contributed by atoms with Gasteiger partial charge in [-0.2, -0.15) is 5.10 Å². The summed E-state index contributed by atoms with van der Waals surface area (Å²) in [5.41, 5.74) is 4.95. The fourth-order valence-electron chi connectivity index (χ4n) is 4.53. The zero-order chi connectivity index (χ0) is 25.7. The summed E-state index contributed by atoms with van der Waals surface area (Å²) in [6.07, 6.45) is 1.53. The zero-order valence-electron chi connectivity index (χ0n) is 20.2. The van der Waals surface area contributed by atoms with Crippen molar-refractivity contribution in [3.63, 3.8) is 0 Å². The lowest BCUT2D eigenvalue weighted by atomic mass is 10.0. The molecule has 8 heteroatoms. The fraction of sp³-hybridized carbons (Fsp3) is 0.143. The van der Waals surface area contributed by atoms with E-state index in [1.165, 1.54) is 6.08 Å². The first-order valence-corrected chi connectivity index (χ1v) is 12.2. The van der Waals surface area contributed by atoms with Gasteiger partial charge < -0.3 is 0 Å². The maximum absolute atomic E-state index is 13.5. The number of halogens is 1. The number of nitrogens with one attached hydrogen (secondary N) is 1. The van der Waals surface area contributed by atoms with Crippen LogP contribution < -0.4 is 10.2 Å². The molecule has 4 amide bonds. The molecule has 3 aromatic carbocycles. The van der Waals surface area contributed by atoms with Crippen molar-refractivity contribution in [2.45, 2.75) is 27.7 Å². The van der Waals surface area contributed by atoms with E-state index in [0.717, 1.165) is 42.7 Å². The van der Waals surface area contributed by atoms with Gasteiger partial charge in [-0.05, 0) is 68.5 Å². The molecule has 0 spiro atoms. The second-order valence-electron chi connectivity index (χ2n) is 8.77. The van der Waals surface area contributed by atoms with Crippen LogP contribution in [-0.4, -0.2) is 27.6 Å². The molecule has 1 fully saturated rings. The Morgan fingerprint density at radius 2 is 1.58 bits per heavy atom. The zero-order valence-corrected chi connectivity index (χ0v) is 21.8. The number of barbiturate groups is 1. The standard InChI is InChI=1S/C28H23BrN4O3/c1-15-16(2)24(13-12-23(15)29)32-27(35)22(26(34)30-28(32)36)14-21-17(3)31-33(18(21)4)25-11-7-9-19-8-5-6-10-20(19)25/h5-14H,1-4H3,(H,30,34,36)/b22-14+. The highest BCUT2D eigenvalue weighted by Gasteiger charge is 2.38. The minimum absolute atomic E-state index is 0.127. The van der Waals surface area contributed by atoms with Crippen LogP contribution in [0.2, 0.25) is 0 Å². The van der Waals surface area contributed by atoms with Crippen LogP contribution in [0.15, 0.2) is 64.6 Å². The molecule has 180 valence electrons. The number of fused-ring (bicyclic) bond motifs is 1. The van der Waals surface area contributed by atoms with Crippen molar-refractivity contribution in [3.8, 4) is 5.69 Å². The molecule has 1 aromatic heterocycles. The van der Waals surface area contributed by atoms with Crippen molar-refractivity contribution in [1.82, 2.24) is 15.1 Å². The molecule has 0 saturated carbocycles. The van der Waals surface area contributed by atoms with E-state index in [9.17, 15) is 14.4 Å². The summed E-state index contributed by atoms with van der Waals surface area (Å²) in [6.45, 7) is 7.45. The Morgan fingerprint density at radius 1 is 0.861 bits per heavy atom. The van der Waals surface area contributed by atoms with E-state index >= 15 is 0 Å². The van der Waals surface area contributed by atoms with Crippen LogP contribution in [0.4, 0.5) is 10.5 Å². The van der Waals surface area contributed by atoms with Crippen LogP contribution in [0, 0.1) is 27.7 Å². The first-order valence-electron chi connectivity index (χ1n) is 11.4. The predicted octanol–water partition coefficient (Wildman–Crippen LogP) is 5.69. The number of rotatable bonds is 3. The van der Waals surface area contributed by atoms with Gasteiger partial charge in [-0.15, -0.1) is 0 Å². The molecule has 1 aliphatic heterocycles. The van der Waals surface area contributed by atoms with Gasteiger partial charge in [-0.25, -0.2) is 14.4 Å². The highest BCUT2D eigenvalue weighted by molar-refractivity contribution is 9.10. The Labute approximate surface area is 216 Å². The summed E-state index contributed by atoms with van der Waals surface area (Å²) in [5, 5.41) is 9.15. The minimum Gasteiger partial charge on any atom is -0.273 e. The molecule has 0 radical (unpaired) electrons. The number of carbonyl (C=O) groups excluding carboxylic acids is 3. The third kappa shape index (κ3) is 3.74. The van der Waals surface area contributed by atoms with Crippen molar-refractivity contribution >= 4 is 56.3 Å². The van der Waals surface area contributed by atoms with Gasteiger partial charge >= 0.3 is 6.03 Å². The smallest absolute Gasteiger partial charge is 0.273 e. The number of urea groups is 1. The average Bonchev–Trinajstić information content (AvgIpc) is 3.13. The lowest BCUT2D eigenvalue weighted by Gasteiger charge is -2.28. The van der Waals surface area contributed by atoms with Crippen LogP contribution >= 0.6 is 15.9 Å². The average molecular weight is 543 g/mol. The topological polar surface area (TPSA) is 84.3 Å². The van der Waals surface area contributed by atoms with E-state index in [-0.39, 0.29) is 5.57 Å². The van der Waals surface area contributed by atoms with Gasteiger partial charge in [-0.3, -0.25) is 14.9 Å². The second kappa shape index (κ2) is 8.87. The number of benzene rings is 3. The summed E-state index contributed by atoms with van der Waals surface area (Å²) < 4.78 is 2.69. The maximum atomic E-state index is 13.5. The molecule has 0 atom stereocenters. The Balaban J connectivity index is 1.61. The number of aromatic nitrogens is 2. The largest absolute Gasteiger partial charge is 0.335 e. The summed E-state index contributed by atoms with van der Waals surface area (Å²) >= 11 is 3.47. The number of hydrogen-bond acceptors (Lipinski definition) is 4. The number of imide groups is 2. The monoisotopic (exact) mass is 542 g/mol. The summed E-state index contributed by atoms with van der Waals surface area (Å²) in [4.78, 5) is 40.0. The first-order chi connectivity index (χ1) is 17.2. The van der Waals surface area contributed by atoms with Gasteiger partial charge in [0.2, 0.25) is 0 Å². The Kier molecular flexibility index (Phi) is 5.84. The quantitative estimate of drug-likeness (QED) is 0.266. The number of amides is 4. The Hall–Kier alpha value is -4.04. The van der Waals surface area contributed by atoms with E-state index < -0.39 is 17.8 Å². The fourth-order valence-corrected chi connectivity index (χ4v) is 4.96. The molecule has 36 heavy (non-hydrogen) atoms. The van der Waals surface area contributed by atoms with E-state index in [4.69, 9.17) is 5.10 Å². The molecule has 0 bridgehead atoms. The summed E-state index contributed by atoms with van der Waals surface area (Å²) in [7, 11) is 0. The van der Waals surface area contributed by atoms with Crippen LogP contribution in [0.25, 0.3) is 22.5 Å².